The number of benzene rings is 2. The SMILES string of the molecule is CC1CCN(S(=O)(=O)c2ccc(C(=O)NCC3(c4ccccc4)CC3)cc2)CC1. The van der Waals surface area contributed by atoms with Gasteiger partial charge in [0.05, 0.1) is 4.90 Å². The molecule has 0 radical (unpaired) electrons. The van der Waals surface area contributed by atoms with Crippen LogP contribution in [0.2, 0.25) is 0 Å². The van der Waals surface area contributed by atoms with Gasteiger partial charge in [-0.05, 0) is 61.4 Å². The minimum atomic E-state index is -3.49. The average molecular weight is 413 g/mol. The quantitative estimate of drug-likeness (QED) is 0.789. The number of nitrogens with one attached hydrogen (secondary N) is 1. The van der Waals surface area contributed by atoms with Crippen LogP contribution in [-0.2, 0) is 15.4 Å². The molecule has 2 aromatic carbocycles. The molecule has 6 heteroatoms. The first-order chi connectivity index (χ1) is 13.9. The number of rotatable bonds is 6. The fourth-order valence-corrected chi connectivity index (χ4v) is 5.48. The summed E-state index contributed by atoms with van der Waals surface area (Å²) in [5.74, 6) is 0.404. The Bertz CT molecular complexity index is 959. The Balaban J connectivity index is 1.39. The zero-order valence-corrected chi connectivity index (χ0v) is 17.6. The smallest absolute Gasteiger partial charge is 0.251 e. The van der Waals surface area contributed by atoms with Gasteiger partial charge in [0.25, 0.3) is 5.91 Å². The minimum absolute atomic E-state index is 0.0472. The molecule has 0 unspecified atom stereocenters. The first kappa shape index (κ1) is 20.1. The number of hydrogen-bond donors (Lipinski definition) is 1. The minimum Gasteiger partial charge on any atom is -0.351 e. The van der Waals surface area contributed by atoms with Crippen molar-refractivity contribution in [2.75, 3.05) is 19.6 Å². The van der Waals surface area contributed by atoms with Crippen molar-refractivity contribution in [2.45, 2.75) is 42.9 Å². The van der Waals surface area contributed by atoms with E-state index in [0.29, 0.717) is 31.1 Å². The molecule has 1 heterocycles. The predicted octanol–water partition coefficient (Wildman–Crippen LogP) is 3.57. The van der Waals surface area contributed by atoms with Crippen molar-refractivity contribution in [1.82, 2.24) is 9.62 Å². The first-order valence-corrected chi connectivity index (χ1v) is 11.8. The molecule has 1 aliphatic heterocycles. The molecular weight excluding hydrogens is 384 g/mol. The Hall–Kier alpha value is -2.18. The van der Waals surface area contributed by atoms with E-state index in [1.54, 1.807) is 28.6 Å². The second-order valence-corrected chi connectivity index (χ2v) is 10.4. The second kappa shape index (κ2) is 7.92. The van der Waals surface area contributed by atoms with Crippen molar-refractivity contribution in [3.63, 3.8) is 0 Å². The van der Waals surface area contributed by atoms with E-state index in [0.717, 1.165) is 25.7 Å². The van der Waals surface area contributed by atoms with Crippen molar-refractivity contribution in [2.24, 2.45) is 5.92 Å². The number of nitrogens with zero attached hydrogens (tertiary/aromatic N) is 1. The van der Waals surface area contributed by atoms with E-state index >= 15 is 0 Å². The molecular formula is C23H28N2O3S. The summed E-state index contributed by atoms with van der Waals surface area (Å²) in [5.41, 5.74) is 1.80. The van der Waals surface area contributed by atoms with Gasteiger partial charge in [-0.25, -0.2) is 8.42 Å². The van der Waals surface area contributed by atoms with Crippen molar-refractivity contribution in [3.05, 3.63) is 65.7 Å². The van der Waals surface area contributed by atoms with Crippen LogP contribution in [0.5, 0.6) is 0 Å². The molecule has 0 bridgehead atoms. The van der Waals surface area contributed by atoms with Gasteiger partial charge in [0.15, 0.2) is 0 Å². The Morgan fingerprint density at radius 3 is 2.24 bits per heavy atom. The van der Waals surface area contributed by atoms with E-state index < -0.39 is 10.0 Å². The van der Waals surface area contributed by atoms with Crippen LogP contribution in [0.3, 0.4) is 0 Å². The molecule has 1 N–H and O–H groups in total. The van der Waals surface area contributed by atoms with Gasteiger partial charge in [-0.3, -0.25) is 4.79 Å². The Morgan fingerprint density at radius 2 is 1.66 bits per heavy atom. The highest BCUT2D eigenvalue weighted by Crippen LogP contribution is 2.47. The molecule has 2 aromatic rings. The predicted molar refractivity (Wildman–Crippen MR) is 113 cm³/mol. The number of carbonyl (C=O) groups excluding carboxylic acids is 1. The van der Waals surface area contributed by atoms with E-state index in [-0.39, 0.29) is 16.2 Å². The Morgan fingerprint density at radius 1 is 1.03 bits per heavy atom. The lowest BCUT2D eigenvalue weighted by Gasteiger charge is -2.29. The lowest BCUT2D eigenvalue weighted by molar-refractivity contribution is 0.0949. The second-order valence-electron chi connectivity index (χ2n) is 8.44. The molecule has 29 heavy (non-hydrogen) atoms. The van der Waals surface area contributed by atoms with Crippen molar-refractivity contribution in [1.29, 1.82) is 0 Å². The summed E-state index contributed by atoms with van der Waals surface area (Å²) in [7, 11) is -3.49. The summed E-state index contributed by atoms with van der Waals surface area (Å²) in [6, 6.07) is 16.6. The van der Waals surface area contributed by atoms with Gasteiger partial charge in [-0.2, -0.15) is 4.31 Å². The molecule has 1 amide bonds. The van der Waals surface area contributed by atoms with Crippen LogP contribution in [0.15, 0.2) is 59.5 Å². The maximum Gasteiger partial charge on any atom is 0.251 e. The summed E-state index contributed by atoms with van der Waals surface area (Å²) in [6.45, 7) is 3.88. The molecule has 0 spiro atoms. The van der Waals surface area contributed by atoms with Crippen molar-refractivity contribution < 1.29 is 13.2 Å². The van der Waals surface area contributed by atoms with E-state index in [1.165, 1.54) is 5.56 Å². The molecule has 154 valence electrons. The van der Waals surface area contributed by atoms with Crippen molar-refractivity contribution >= 4 is 15.9 Å². The topological polar surface area (TPSA) is 66.5 Å². The fraction of sp³-hybridized carbons (Fsp3) is 0.435. The van der Waals surface area contributed by atoms with Gasteiger partial charge in [0.2, 0.25) is 10.0 Å². The maximum atomic E-state index is 12.8. The van der Waals surface area contributed by atoms with Crippen LogP contribution in [-0.4, -0.2) is 38.3 Å². The van der Waals surface area contributed by atoms with Crippen LogP contribution in [0.4, 0.5) is 0 Å². The summed E-state index contributed by atoms with van der Waals surface area (Å²) < 4.78 is 27.2. The van der Waals surface area contributed by atoms with Gasteiger partial charge in [0, 0.05) is 30.6 Å². The molecule has 4 rings (SSSR count). The molecule has 5 nitrogen and oxygen atoms in total. The number of piperidine rings is 1. The highest BCUT2D eigenvalue weighted by atomic mass is 32.2. The molecule has 1 saturated heterocycles. The summed E-state index contributed by atoms with van der Waals surface area (Å²) in [5, 5.41) is 3.03. The van der Waals surface area contributed by atoms with Gasteiger partial charge < -0.3 is 5.32 Å². The third kappa shape index (κ3) is 4.23. The third-order valence-corrected chi connectivity index (χ3v) is 8.24. The highest BCUT2D eigenvalue weighted by Gasteiger charge is 2.44. The summed E-state index contributed by atoms with van der Waals surface area (Å²) >= 11 is 0. The summed E-state index contributed by atoms with van der Waals surface area (Å²) in [4.78, 5) is 12.8. The molecule has 0 atom stereocenters. The highest BCUT2D eigenvalue weighted by molar-refractivity contribution is 7.89. The van der Waals surface area contributed by atoms with Crippen LogP contribution >= 0.6 is 0 Å². The zero-order chi connectivity index (χ0) is 20.5. The largest absolute Gasteiger partial charge is 0.351 e. The number of sulfonamides is 1. The van der Waals surface area contributed by atoms with Crippen LogP contribution in [0.25, 0.3) is 0 Å². The van der Waals surface area contributed by atoms with E-state index in [4.69, 9.17) is 0 Å². The van der Waals surface area contributed by atoms with E-state index in [2.05, 4.69) is 24.4 Å². The number of hydrogen-bond acceptors (Lipinski definition) is 3. The van der Waals surface area contributed by atoms with Gasteiger partial charge in [0.1, 0.15) is 0 Å². The van der Waals surface area contributed by atoms with Crippen LogP contribution in [0.1, 0.15) is 48.5 Å². The molecule has 0 aromatic heterocycles. The molecule has 2 aliphatic rings. The lowest BCUT2D eigenvalue weighted by Crippen LogP contribution is -2.37. The van der Waals surface area contributed by atoms with E-state index in [9.17, 15) is 13.2 Å². The first-order valence-electron chi connectivity index (χ1n) is 10.3. The number of carbonyl (C=O) groups is 1. The zero-order valence-electron chi connectivity index (χ0n) is 16.8. The fourth-order valence-electron chi connectivity index (χ4n) is 4.01. The lowest BCUT2D eigenvalue weighted by atomic mass is 9.96. The van der Waals surface area contributed by atoms with Crippen LogP contribution < -0.4 is 5.32 Å². The normalized spacial score (nSPS) is 19.6. The van der Waals surface area contributed by atoms with Crippen molar-refractivity contribution in [3.8, 4) is 0 Å². The average Bonchev–Trinajstić information content (AvgIpc) is 3.54. The van der Waals surface area contributed by atoms with Gasteiger partial charge in [-0.15, -0.1) is 0 Å². The van der Waals surface area contributed by atoms with Gasteiger partial charge in [-0.1, -0.05) is 37.3 Å². The number of amides is 1. The van der Waals surface area contributed by atoms with Crippen LogP contribution in [0, 0.1) is 5.92 Å². The maximum absolute atomic E-state index is 12.8. The standard InChI is InChI=1S/C23H28N2O3S/c1-18-11-15-25(16-12-18)29(27,28)21-9-7-19(8-10-21)22(26)24-17-23(13-14-23)20-5-3-2-4-6-20/h2-10,18H,11-17H2,1H3,(H,24,26). The Kier molecular flexibility index (Phi) is 5.49. The van der Waals surface area contributed by atoms with E-state index in [1.807, 2.05) is 18.2 Å². The molecule has 1 aliphatic carbocycles. The van der Waals surface area contributed by atoms with Gasteiger partial charge >= 0.3 is 0 Å². The molecule has 1 saturated carbocycles. The summed E-state index contributed by atoms with van der Waals surface area (Å²) in [6.07, 6.45) is 3.93. The monoisotopic (exact) mass is 412 g/mol. The third-order valence-electron chi connectivity index (χ3n) is 6.32. The molecule has 2 fully saturated rings. The Labute approximate surface area is 173 Å².